The number of nitro groups is 1. The van der Waals surface area contributed by atoms with Crippen LogP contribution in [-0.4, -0.2) is 10.8 Å². The highest BCUT2D eigenvalue weighted by Crippen LogP contribution is 2.26. The van der Waals surface area contributed by atoms with E-state index in [1.165, 1.54) is 24.3 Å². The molecule has 2 aromatic carbocycles. The molecule has 0 aliphatic rings. The molecule has 0 spiro atoms. The van der Waals surface area contributed by atoms with Crippen molar-refractivity contribution >= 4 is 35.0 Å². The molecule has 0 bridgehead atoms. The molecule has 5 nitrogen and oxygen atoms in total. The molecule has 0 aromatic heterocycles. The smallest absolute Gasteiger partial charge is 0.271 e. The average Bonchev–Trinajstić information content (AvgIpc) is 2.48. The first-order valence-electron chi connectivity index (χ1n) is 6.45. The fourth-order valence-electron chi connectivity index (χ4n) is 1.75. The van der Waals surface area contributed by atoms with Gasteiger partial charge in [-0.15, -0.1) is 0 Å². The van der Waals surface area contributed by atoms with Crippen LogP contribution >= 0.6 is 11.6 Å². The van der Waals surface area contributed by atoms with Crippen LogP contribution in [-0.2, 0) is 4.79 Å². The van der Waals surface area contributed by atoms with Gasteiger partial charge < -0.3 is 5.32 Å². The first kappa shape index (κ1) is 15.7. The third kappa shape index (κ3) is 4.17. The van der Waals surface area contributed by atoms with E-state index in [2.05, 4.69) is 5.32 Å². The molecular weight excluding hydrogens is 304 g/mol. The SMILES string of the molecule is Cc1ccc(C=CC(=O)Nc2cc([N+](=O)[O-])ccc2Cl)cc1. The number of hydrogen-bond donors (Lipinski definition) is 1. The number of halogens is 1. The summed E-state index contributed by atoms with van der Waals surface area (Å²) in [5.41, 5.74) is 2.08. The second-order valence-corrected chi connectivity index (χ2v) is 5.06. The van der Waals surface area contributed by atoms with E-state index in [1.807, 2.05) is 31.2 Å². The number of nitrogens with one attached hydrogen (secondary N) is 1. The monoisotopic (exact) mass is 316 g/mol. The summed E-state index contributed by atoms with van der Waals surface area (Å²) in [4.78, 5) is 22.0. The van der Waals surface area contributed by atoms with Crippen molar-refractivity contribution in [3.8, 4) is 0 Å². The zero-order valence-corrected chi connectivity index (χ0v) is 12.5. The third-order valence-electron chi connectivity index (χ3n) is 2.92. The van der Waals surface area contributed by atoms with Gasteiger partial charge in [0.05, 0.1) is 15.6 Å². The number of carbonyl (C=O) groups excluding carboxylic acids is 1. The Bertz CT molecular complexity index is 740. The average molecular weight is 317 g/mol. The molecule has 22 heavy (non-hydrogen) atoms. The normalized spacial score (nSPS) is 10.6. The summed E-state index contributed by atoms with van der Waals surface area (Å²) in [6.45, 7) is 1.98. The van der Waals surface area contributed by atoms with Crippen LogP contribution in [0.4, 0.5) is 11.4 Å². The lowest BCUT2D eigenvalue weighted by Crippen LogP contribution is -2.08. The quantitative estimate of drug-likeness (QED) is 0.521. The second kappa shape index (κ2) is 6.87. The summed E-state index contributed by atoms with van der Waals surface area (Å²) in [7, 11) is 0. The van der Waals surface area contributed by atoms with Crippen molar-refractivity contribution in [1.29, 1.82) is 0 Å². The number of amides is 1. The molecule has 2 rings (SSSR count). The number of nitrogens with zero attached hydrogens (tertiary/aromatic N) is 1. The standard InChI is InChI=1S/C16H13ClN2O3/c1-11-2-4-12(5-3-11)6-9-16(20)18-15-10-13(19(21)22)7-8-14(15)17/h2-10H,1H3,(H,18,20). The van der Waals surface area contributed by atoms with Crippen molar-refractivity contribution < 1.29 is 9.72 Å². The number of benzene rings is 2. The van der Waals surface area contributed by atoms with Crippen LogP contribution < -0.4 is 5.32 Å². The number of carbonyl (C=O) groups is 1. The van der Waals surface area contributed by atoms with Gasteiger partial charge in [0.1, 0.15) is 0 Å². The Morgan fingerprint density at radius 1 is 1.23 bits per heavy atom. The van der Waals surface area contributed by atoms with Crippen molar-refractivity contribution in [3.05, 3.63) is 74.8 Å². The molecule has 0 fully saturated rings. The van der Waals surface area contributed by atoms with Gasteiger partial charge in [-0.1, -0.05) is 41.4 Å². The number of nitro benzene ring substituents is 1. The topological polar surface area (TPSA) is 72.2 Å². The zero-order valence-electron chi connectivity index (χ0n) is 11.7. The van der Waals surface area contributed by atoms with Crippen LogP contribution in [0.3, 0.4) is 0 Å². The number of rotatable bonds is 4. The van der Waals surface area contributed by atoms with Crippen LogP contribution in [0.25, 0.3) is 6.08 Å². The van der Waals surface area contributed by atoms with Gasteiger partial charge in [-0.2, -0.15) is 0 Å². The van der Waals surface area contributed by atoms with E-state index in [9.17, 15) is 14.9 Å². The lowest BCUT2D eigenvalue weighted by atomic mass is 10.1. The van der Waals surface area contributed by atoms with Crippen molar-refractivity contribution in [2.75, 3.05) is 5.32 Å². The highest BCUT2D eigenvalue weighted by atomic mass is 35.5. The highest BCUT2D eigenvalue weighted by molar-refractivity contribution is 6.34. The summed E-state index contributed by atoms with van der Waals surface area (Å²) in [5, 5.41) is 13.5. The lowest BCUT2D eigenvalue weighted by molar-refractivity contribution is -0.384. The number of anilines is 1. The van der Waals surface area contributed by atoms with Gasteiger partial charge in [0.25, 0.3) is 5.69 Å². The maximum atomic E-state index is 11.9. The summed E-state index contributed by atoms with van der Waals surface area (Å²) in [5.74, 6) is -0.414. The van der Waals surface area contributed by atoms with Crippen LogP contribution in [0.2, 0.25) is 5.02 Å². The van der Waals surface area contributed by atoms with Crippen LogP contribution in [0.5, 0.6) is 0 Å². The van der Waals surface area contributed by atoms with Crippen LogP contribution in [0.1, 0.15) is 11.1 Å². The highest BCUT2D eigenvalue weighted by Gasteiger charge is 2.10. The van der Waals surface area contributed by atoms with Gasteiger partial charge in [0.15, 0.2) is 0 Å². The fourth-order valence-corrected chi connectivity index (χ4v) is 1.91. The Balaban J connectivity index is 2.10. The van der Waals surface area contributed by atoms with E-state index in [1.54, 1.807) is 6.08 Å². The second-order valence-electron chi connectivity index (χ2n) is 4.65. The maximum Gasteiger partial charge on any atom is 0.271 e. The zero-order chi connectivity index (χ0) is 16.1. The molecule has 0 aliphatic heterocycles. The Morgan fingerprint density at radius 3 is 2.55 bits per heavy atom. The summed E-state index contributed by atoms with van der Waals surface area (Å²) in [6, 6.07) is 11.5. The van der Waals surface area contributed by atoms with E-state index in [0.29, 0.717) is 0 Å². The van der Waals surface area contributed by atoms with Crippen LogP contribution in [0, 0.1) is 17.0 Å². The minimum absolute atomic E-state index is 0.137. The predicted octanol–water partition coefficient (Wildman–Crippen LogP) is 4.21. The summed E-state index contributed by atoms with van der Waals surface area (Å²) in [6.07, 6.45) is 3.00. The largest absolute Gasteiger partial charge is 0.321 e. The summed E-state index contributed by atoms with van der Waals surface area (Å²) >= 11 is 5.92. The lowest BCUT2D eigenvalue weighted by Gasteiger charge is -2.04. The Morgan fingerprint density at radius 2 is 1.91 bits per heavy atom. The fraction of sp³-hybridized carbons (Fsp3) is 0.0625. The molecule has 1 N–H and O–H groups in total. The van der Waals surface area contributed by atoms with E-state index in [4.69, 9.17) is 11.6 Å². The van der Waals surface area contributed by atoms with Gasteiger partial charge in [0, 0.05) is 18.2 Å². The van der Waals surface area contributed by atoms with E-state index in [0.717, 1.165) is 11.1 Å². The molecule has 0 radical (unpaired) electrons. The predicted molar refractivity (Wildman–Crippen MR) is 86.9 cm³/mol. The van der Waals surface area contributed by atoms with Gasteiger partial charge in [-0.3, -0.25) is 14.9 Å². The summed E-state index contributed by atoms with van der Waals surface area (Å²) < 4.78 is 0. The molecule has 0 heterocycles. The van der Waals surface area contributed by atoms with Crippen molar-refractivity contribution in [1.82, 2.24) is 0 Å². The maximum absolute atomic E-state index is 11.9. The Hall–Kier alpha value is -2.66. The molecule has 6 heteroatoms. The van der Waals surface area contributed by atoms with Crippen molar-refractivity contribution in [2.45, 2.75) is 6.92 Å². The van der Waals surface area contributed by atoms with E-state index >= 15 is 0 Å². The number of non-ortho nitro benzene ring substituents is 1. The van der Waals surface area contributed by atoms with Gasteiger partial charge in [-0.05, 0) is 24.6 Å². The first-order chi connectivity index (χ1) is 10.5. The molecule has 1 amide bonds. The molecule has 0 atom stereocenters. The molecule has 2 aromatic rings. The van der Waals surface area contributed by atoms with E-state index < -0.39 is 10.8 Å². The minimum Gasteiger partial charge on any atom is -0.321 e. The number of hydrogen-bond acceptors (Lipinski definition) is 3. The van der Waals surface area contributed by atoms with E-state index in [-0.39, 0.29) is 16.4 Å². The molecule has 0 aliphatic carbocycles. The minimum atomic E-state index is -0.547. The molecule has 0 saturated carbocycles. The molecule has 0 saturated heterocycles. The van der Waals surface area contributed by atoms with Gasteiger partial charge in [-0.25, -0.2) is 0 Å². The van der Waals surface area contributed by atoms with Gasteiger partial charge >= 0.3 is 0 Å². The third-order valence-corrected chi connectivity index (χ3v) is 3.25. The Labute approximate surface area is 132 Å². The molecular formula is C16H13ClN2O3. The Kier molecular flexibility index (Phi) is 4.91. The van der Waals surface area contributed by atoms with Crippen LogP contribution in [0.15, 0.2) is 48.5 Å². The first-order valence-corrected chi connectivity index (χ1v) is 6.83. The molecule has 0 unspecified atom stereocenters. The van der Waals surface area contributed by atoms with Gasteiger partial charge in [0.2, 0.25) is 5.91 Å². The molecule has 112 valence electrons. The van der Waals surface area contributed by atoms with Crippen molar-refractivity contribution in [3.63, 3.8) is 0 Å². The van der Waals surface area contributed by atoms with Crippen molar-refractivity contribution in [2.24, 2.45) is 0 Å². The number of aryl methyl sites for hydroxylation is 1.